The third-order valence-corrected chi connectivity index (χ3v) is 4.28. The molecular formula is C16H19N3O2. The summed E-state index contributed by atoms with van der Waals surface area (Å²) < 4.78 is 0. The quantitative estimate of drug-likeness (QED) is 0.834. The summed E-state index contributed by atoms with van der Waals surface area (Å²) in [6.07, 6.45) is 4.04. The van der Waals surface area contributed by atoms with Crippen LogP contribution in [-0.2, 0) is 9.59 Å². The molecule has 2 aliphatic carbocycles. The zero-order valence-electron chi connectivity index (χ0n) is 12.4. The lowest BCUT2D eigenvalue weighted by Crippen LogP contribution is -2.44. The van der Waals surface area contributed by atoms with Crippen LogP contribution in [0.3, 0.4) is 0 Å². The number of nitrogens with one attached hydrogen (secondary N) is 1. The first kappa shape index (κ1) is 13.9. The maximum Gasteiger partial charge on any atom is 0.234 e. The molecule has 3 aliphatic rings. The van der Waals surface area contributed by atoms with Crippen molar-refractivity contribution in [3.05, 3.63) is 23.0 Å². The number of amides is 1. The fraction of sp³-hybridized carbons (Fsp3) is 0.562. The van der Waals surface area contributed by atoms with Crippen LogP contribution < -0.4 is 5.32 Å². The smallest absolute Gasteiger partial charge is 0.234 e. The van der Waals surface area contributed by atoms with Gasteiger partial charge < -0.3 is 10.2 Å². The van der Waals surface area contributed by atoms with Gasteiger partial charge in [-0.15, -0.1) is 0 Å². The summed E-state index contributed by atoms with van der Waals surface area (Å²) in [7, 11) is 0. The molecule has 5 heteroatoms. The molecule has 1 N–H and O–H groups in total. The van der Waals surface area contributed by atoms with Crippen molar-refractivity contribution in [3.8, 4) is 6.07 Å². The summed E-state index contributed by atoms with van der Waals surface area (Å²) in [4.78, 5) is 26.9. The number of hydrogen-bond acceptors (Lipinski definition) is 4. The van der Waals surface area contributed by atoms with Crippen LogP contribution in [0.1, 0.15) is 33.1 Å². The number of carbonyl (C=O) groups excluding carboxylic acids is 2. The van der Waals surface area contributed by atoms with Gasteiger partial charge in [0, 0.05) is 25.1 Å². The van der Waals surface area contributed by atoms with Gasteiger partial charge in [0.2, 0.25) is 5.91 Å². The molecular weight excluding hydrogens is 266 g/mol. The lowest BCUT2D eigenvalue weighted by Gasteiger charge is -2.30. The highest BCUT2D eigenvalue weighted by molar-refractivity contribution is 6.04. The number of rotatable bonds is 2. The summed E-state index contributed by atoms with van der Waals surface area (Å²) in [5.74, 6) is 0.364. The number of hydrogen-bond donors (Lipinski definition) is 1. The SMILES string of the molecule is CC1(C)CNC2=C(C(=O)CC(C#N)=C2)N(CC2CC2)C1=O. The largest absolute Gasteiger partial charge is 0.382 e. The molecule has 1 heterocycles. The van der Waals surface area contributed by atoms with E-state index in [9.17, 15) is 9.59 Å². The summed E-state index contributed by atoms with van der Waals surface area (Å²) in [5, 5.41) is 12.2. The van der Waals surface area contributed by atoms with Gasteiger partial charge in [0.15, 0.2) is 5.78 Å². The Morgan fingerprint density at radius 2 is 2.14 bits per heavy atom. The van der Waals surface area contributed by atoms with E-state index in [0.29, 0.717) is 36.0 Å². The Labute approximate surface area is 124 Å². The summed E-state index contributed by atoms with van der Waals surface area (Å²) in [6, 6.07) is 2.05. The van der Waals surface area contributed by atoms with Gasteiger partial charge in [-0.05, 0) is 38.7 Å². The molecule has 5 nitrogen and oxygen atoms in total. The minimum atomic E-state index is -0.562. The Balaban J connectivity index is 2.05. The summed E-state index contributed by atoms with van der Waals surface area (Å²) in [6.45, 7) is 4.86. The van der Waals surface area contributed by atoms with E-state index in [1.165, 1.54) is 0 Å². The van der Waals surface area contributed by atoms with Gasteiger partial charge in [0.1, 0.15) is 5.70 Å². The van der Waals surface area contributed by atoms with Gasteiger partial charge in [-0.1, -0.05) is 0 Å². The van der Waals surface area contributed by atoms with Gasteiger partial charge in [-0.3, -0.25) is 9.59 Å². The Bertz CT molecular complexity index is 618. The zero-order valence-corrected chi connectivity index (χ0v) is 12.4. The van der Waals surface area contributed by atoms with Crippen LogP contribution in [0.5, 0.6) is 0 Å². The molecule has 0 aromatic rings. The van der Waals surface area contributed by atoms with Crippen molar-refractivity contribution in [1.82, 2.24) is 10.2 Å². The Kier molecular flexibility index (Phi) is 3.12. The van der Waals surface area contributed by atoms with Gasteiger partial charge in [-0.25, -0.2) is 0 Å². The maximum atomic E-state index is 12.8. The normalized spacial score (nSPS) is 24.8. The van der Waals surface area contributed by atoms with Crippen molar-refractivity contribution >= 4 is 11.7 Å². The Hall–Kier alpha value is -2.09. The minimum absolute atomic E-state index is 0.00550. The summed E-state index contributed by atoms with van der Waals surface area (Å²) >= 11 is 0. The third kappa shape index (κ3) is 2.46. The maximum absolute atomic E-state index is 12.8. The number of nitriles is 1. The van der Waals surface area contributed by atoms with Crippen LogP contribution in [0.15, 0.2) is 23.0 Å². The van der Waals surface area contributed by atoms with Crippen LogP contribution in [0.2, 0.25) is 0 Å². The minimum Gasteiger partial charge on any atom is -0.382 e. The molecule has 0 atom stereocenters. The average molecular weight is 285 g/mol. The first-order chi connectivity index (χ1) is 9.92. The van der Waals surface area contributed by atoms with E-state index in [-0.39, 0.29) is 18.1 Å². The van der Waals surface area contributed by atoms with E-state index in [4.69, 9.17) is 5.26 Å². The average Bonchev–Trinajstić information content (AvgIpc) is 3.25. The van der Waals surface area contributed by atoms with Crippen molar-refractivity contribution < 1.29 is 9.59 Å². The van der Waals surface area contributed by atoms with Gasteiger partial charge in [0.05, 0.1) is 17.2 Å². The second-order valence-corrected chi connectivity index (χ2v) is 6.74. The van der Waals surface area contributed by atoms with Crippen molar-refractivity contribution in [2.45, 2.75) is 33.1 Å². The standard InChI is InChI=1S/C16H19N3O2/c1-16(2)9-18-12-5-11(7-17)6-13(20)14(12)19(15(16)21)8-10-3-4-10/h5,10,18H,3-4,6,8-9H2,1-2H3. The fourth-order valence-electron chi connectivity index (χ4n) is 2.79. The highest BCUT2D eigenvalue weighted by Gasteiger charge is 2.42. The summed E-state index contributed by atoms with van der Waals surface area (Å²) in [5.41, 5.74) is 0.969. The first-order valence-corrected chi connectivity index (χ1v) is 7.36. The van der Waals surface area contributed by atoms with Gasteiger partial charge in [-0.2, -0.15) is 5.26 Å². The van der Waals surface area contributed by atoms with Crippen molar-refractivity contribution in [2.75, 3.05) is 13.1 Å². The molecule has 110 valence electrons. The number of carbonyl (C=O) groups is 2. The molecule has 0 spiro atoms. The number of ketones is 1. The van der Waals surface area contributed by atoms with E-state index >= 15 is 0 Å². The molecule has 0 aromatic carbocycles. The second-order valence-electron chi connectivity index (χ2n) is 6.74. The van der Waals surface area contributed by atoms with Crippen molar-refractivity contribution in [3.63, 3.8) is 0 Å². The molecule has 1 amide bonds. The van der Waals surface area contributed by atoms with Crippen LogP contribution in [0.25, 0.3) is 0 Å². The number of allylic oxidation sites excluding steroid dienone is 3. The molecule has 0 radical (unpaired) electrons. The molecule has 0 unspecified atom stereocenters. The molecule has 3 rings (SSSR count). The third-order valence-electron chi connectivity index (χ3n) is 4.28. The lowest BCUT2D eigenvalue weighted by atomic mass is 9.91. The van der Waals surface area contributed by atoms with E-state index in [1.54, 1.807) is 11.0 Å². The Morgan fingerprint density at radius 1 is 1.43 bits per heavy atom. The zero-order chi connectivity index (χ0) is 15.2. The Morgan fingerprint density at radius 3 is 2.76 bits per heavy atom. The topological polar surface area (TPSA) is 73.2 Å². The molecule has 1 fully saturated rings. The number of nitrogens with zero attached hydrogens (tertiary/aromatic N) is 2. The molecule has 1 saturated carbocycles. The van der Waals surface area contributed by atoms with Crippen molar-refractivity contribution in [2.24, 2.45) is 11.3 Å². The molecule has 0 bridgehead atoms. The molecule has 0 saturated heterocycles. The van der Waals surface area contributed by atoms with E-state index < -0.39 is 5.41 Å². The van der Waals surface area contributed by atoms with E-state index in [1.807, 2.05) is 13.8 Å². The van der Waals surface area contributed by atoms with E-state index in [0.717, 1.165) is 12.8 Å². The molecule has 0 aromatic heterocycles. The first-order valence-electron chi connectivity index (χ1n) is 7.36. The van der Waals surface area contributed by atoms with Crippen molar-refractivity contribution in [1.29, 1.82) is 5.26 Å². The highest BCUT2D eigenvalue weighted by atomic mass is 16.2. The molecule has 1 aliphatic heterocycles. The lowest BCUT2D eigenvalue weighted by molar-refractivity contribution is -0.139. The second kappa shape index (κ2) is 4.73. The predicted molar refractivity (Wildman–Crippen MR) is 76.6 cm³/mol. The van der Waals surface area contributed by atoms with E-state index in [2.05, 4.69) is 11.4 Å². The van der Waals surface area contributed by atoms with Gasteiger partial charge >= 0.3 is 0 Å². The van der Waals surface area contributed by atoms with Crippen LogP contribution in [0.4, 0.5) is 0 Å². The van der Waals surface area contributed by atoms with Crippen LogP contribution in [0, 0.1) is 22.7 Å². The molecule has 21 heavy (non-hydrogen) atoms. The van der Waals surface area contributed by atoms with Crippen LogP contribution >= 0.6 is 0 Å². The van der Waals surface area contributed by atoms with Crippen LogP contribution in [-0.4, -0.2) is 29.7 Å². The predicted octanol–water partition coefficient (Wildman–Crippen LogP) is 1.49. The van der Waals surface area contributed by atoms with Gasteiger partial charge in [0.25, 0.3) is 0 Å². The fourth-order valence-corrected chi connectivity index (χ4v) is 2.79. The monoisotopic (exact) mass is 285 g/mol. The number of Topliss-reactive ketones (excluding diaryl/α,β-unsaturated/α-hetero) is 1. The highest BCUT2D eigenvalue weighted by Crippen LogP contribution is 2.36.